The molecule has 2 aliphatic rings. The first-order valence-electron chi connectivity index (χ1n) is 8.26. The number of nitrogens with two attached hydrogens (primary N) is 1. The van der Waals surface area contributed by atoms with Gasteiger partial charge in [0.25, 0.3) is 0 Å². The molecule has 0 atom stereocenters. The van der Waals surface area contributed by atoms with Gasteiger partial charge in [0, 0.05) is 19.0 Å². The summed E-state index contributed by atoms with van der Waals surface area (Å²) in [5.41, 5.74) is 5.90. The smallest absolute Gasteiger partial charge is 0.220 e. The lowest BCUT2D eigenvalue weighted by Crippen LogP contribution is -2.34. The van der Waals surface area contributed by atoms with E-state index in [1.54, 1.807) is 0 Å². The first-order chi connectivity index (χ1) is 9.24. The van der Waals surface area contributed by atoms with Crippen LogP contribution in [0, 0.1) is 11.8 Å². The molecule has 3 N–H and O–H groups in total. The molecule has 0 saturated heterocycles. The van der Waals surface area contributed by atoms with Gasteiger partial charge >= 0.3 is 0 Å². The number of carbonyl (C=O) groups is 1. The molecule has 0 aromatic heterocycles. The molecule has 110 valence electrons. The summed E-state index contributed by atoms with van der Waals surface area (Å²) < 4.78 is 0. The predicted octanol–water partition coefficient (Wildman–Crippen LogP) is 2.98. The minimum atomic E-state index is 0.279. The molecule has 1 amide bonds. The Kier molecular flexibility index (Phi) is 6.15. The highest BCUT2D eigenvalue weighted by molar-refractivity contribution is 5.76. The molecule has 0 aromatic carbocycles. The van der Waals surface area contributed by atoms with Crippen molar-refractivity contribution in [3.63, 3.8) is 0 Å². The lowest BCUT2D eigenvalue weighted by molar-refractivity contribution is -0.122. The topological polar surface area (TPSA) is 55.1 Å². The Labute approximate surface area is 117 Å². The van der Waals surface area contributed by atoms with Gasteiger partial charge in [-0.05, 0) is 50.4 Å². The third kappa shape index (κ3) is 5.52. The van der Waals surface area contributed by atoms with Crippen molar-refractivity contribution in [1.29, 1.82) is 0 Å². The second-order valence-electron chi connectivity index (χ2n) is 6.65. The Morgan fingerprint density at radius 3 is 2.16 bits per heavy atom. The summed E-state index contributed by atoms with van der Waals surface area (Å²) >= 11 is 0. The van der Waals surface area contributed by atoms with Crippen LogP contribution in [0.1, 0.15) is 70.6 Å². The van der Waals surface area contributed by atoms with E-state index in [9.17, 15) is 4.79 Å². The van der Waals surface area contributed by atoms with Crippen LogP contribution in [0.25, 0.3) is 0 Å². The monoisotopic (exact) mass is 266 g/mol. The normalized spacial score (nSPS) is 29.7. The summed E-state index contributed by atoms with van der Waals surface area (Å²) in [7, 11) is 0. The van der Waals surface area contributed by atoms with Gasteiger partial charge in [0.05, 0.1) is 0 Å². The molecule has 2 saturated carbocycles. The van der Waals surface area contributed by atoms with E-state index in [-0.39, 0.29) is 5.91 Å². The zero-order chi connectivity index (χ0) is 13.5. The van der Waals surface area contributed by atoms with Crippen molar-refractivity contribution in [3.8, 4) is 0 Å². The van der Waals surface area contributed by atoms with Crippen LogP contribution in [0.3, 0.4) is 0 Å². The van der Waals surface area contributed by atoms with Crippen molar-refractivity contribution in [2.45, 2.75) is 76.7 Å². The van der Waals surface area contributed by atoms with Crippen molar-refractivity contribution in [3.05, 3.63) is 0 Å². The van der Waals surface area contributed by atoms with Gasteiger partial charge in [-0.15, -0.1) is 0 Å². The van der Waals surface area contributed by atoms with Crippen LogP contribution in [0.2, 0.25) is 0 Å². The zero-order valence-electron chi connectivity index (χ0n) is 12.2. The lowest BCUT2D eigenvalue weighted by Gasteiger charge is -2.26. The fourth-order valence-corrected chi connectivity index (χ4v) is 3.55. The summed E-state index contributed by atoms with van der Waals surface area (Å²) in [6, 6.07) is 0.401. The van der Waals surface area contributed by atoms with Gasteiger partial charge in [0.2, 0.25) is 5.91 Å². The van der Waals surface area contributed by atoms with Crippen molar-refractivity contribution in [2.24, 2.45) is 17.6 Å². The number of amides is 1. The average Bonchev–Trinajstić information content (AvgIpc) is 2.67. The van der Waals surface area contributed by atoms with E-state index in [2.05, 4.69) is 5.32 Å². The number of rotatable bonds is 4. The highest BCUT2D eigenvalue weighted by Gasteiger charge is 2.20. The summed E-state index contributed by atoms with van der Waals surface area (Å²) in [4.78, 5) is 12.0. The van der Waals surface area contributed by atoms with Crippen LogP contribution in [-0.2, 0) is 4.79 Å². The van der Waals surface area contributed by atoms with E-state index in [1.807, 2.05) is 0 Å². The maximum absolute atomic E-state index is 12.0. The van der Waals surface area contributed by atoms with Crippen molar-refractivity contribution >= 4 is 5.91 Å². The standard InChI is InChI=1S/C16H30N2O/c17-15-9-7-14(8-10-15)12-18-16(19)11-13-5-3-1-2-4-6-13/h13-15H,1-12,17H2,(H,18,19). The van der Waals surface area contributed by atoms with Gasteiger partial charge in [0.15, 0.2) is 0 Å². The zero-order valence-corrected chi connectivity index (χ0v) is 12.2. The van der Waals surface area contributed by atoms with E-state index < -0.39 is 0 Å². The highest BCUT2D eigenvalue weighted by atomic mass is 16.1. The average molecular weight is 266 g/mol. The van der Waals surface area contributed by atoms with Crippen LogP contribution in [0.5, 0.6) is 0 Å². The number of hydrogen-bond donors (Lipinski definition) is 2. The molecule has 2 aliphatic carbocycles. The molecule has 0 spiro atoms. The first kappa shape index (κ1) is 14.8. The summed E-state index contributed by atoms with van der Waals surface area (Å²) in [5.74, 6) is 1.59. The number of hydrogen-bond acceptors (Lipinski definition) is 2. The van der Waals surface area contributed by atoms with Gasteiger partial charge in [-0.3, -0.25) is 4.79 Å². The van der Waals surface area contributed by atoms with Gasteiger partial charge in [-0.25, -0.2) is 0 Å². The largest absolute Gasteiger partial charge is 0.356 e. The van der Waals surface area contributed by atoms with E-state index in [1.165, 1.54) is 51.4 Å². The molecule has 3 heteroatoms. The van der Waals surface area contributed by atoms with E-state index in [0.717, 1.165) is 25.8 Å². The third-order valence-electron chi connectivity index (χ3n) is 4.93. The van der Waals surface area contributed by atoms with Crippen LogP contribution < -0.4 is 11.1 Å². The molecule has 0 radical (unpaired) electrons. The predicted molar refractivity (Wildman–Crippen MR) is 78.8 cm³/mol. The summed E-state index contributed by atoms with van der Waals surface area (Å²) in [5, 5.41) is 3.16. The molecule has 2 fully saturated rings. The molecule has 0 aliphatic heterocycles. The Hall–Kier alpha value is -0.570. The Balaban J connectivity index is 1.61. The molecule has 0 aromatic rings. The maximum atomic E-state index is 12.0. The van der Waals surface area contributed by atoms with E-state index in [0.29, 0.717) is 17.9 Å². The minimum absolute atomic E-state index is 0.279. The summed E-state index contributed by atoms with van der Waals surface area (Å²) in [6.45, 7) is 0.873. The Morgan fingerprint density at radius 2 is 1.53 bits per heavy atom. The fraction of sp³-hybridized carbons (Fsp3) is 0.938. The Morgan fingerprint density at radius 1 is 0.895 bits per heavy atom. The second kappa shape index (κ2) is 7.88. The van der Waals surface area contributed by atoms with Gasteiger partial charge in [-0.1, -0.05) is 25.7 Å². The lowest BCUT2D eigenvalue weighted by atomic mass is 9.86. The quantitative estimate of drug-likeness (QED) is 0.769. The Bertz CT molecular complexity index is 264. The first-order valence-corrected chi connectivity index (χ1v) is 8.26. The number of carbonyl (C=O) groups excluding carboxylic acids is 1. The maximum Gasteiger partial charge on any atom is 0.220 e. The third-order valence-corrected chi connectivity index (χ3v) is 4.93. The van der Waals surface area contributed by atoms with Crippen molar-refractivity contribution in [1.82, 2.24) is 5.32 Å². The molecular formula is C16H30N2O. The molecule has 0 heterocycles. The highest BCUT2D eigenvalue weighted by Crippen LogP contribution is 2.26. The van der Waals surface area contributed by atoms with E-state index in [4.69, 9.17) is 5.73 Å². The molecule has 19 heavy (non-hydrogen) atoms. The van der Waals surface area contributed by atoms with Crippen LogP contribution in [0.15, 0.2) is 0 Å². The second-order valence-corrected chi connectivity index (χ2v) is 6.65. The van der Waals surface area contributed by atoms with Crippen LogP contribution in [0.4, 0.5) is 0 Å². The van der Waals surface area contributed by atoms with Gasteiger partial charge in [-0.2, -0.15) is 0 Å². The van der Waals surface area contributed by atoms with Gasteiger partial charge < -0.3 is 11.1 Å². The molecule has 0 unspecified atom stereocenters. The van der Waals surface area contributed by atoms with Crippen molar-refractivity contribution < 1.29 is 4.79 Å². The molecule has 0 bridgehead atoms. The van der Waals surface area contributed by atoms with Crippen LogP contribution in [-0.4, -0.2) is 18.5 Å². The molecule has 3 nitrogen and oxygen atoms in total. The molecule has 2 rings (SSSR count). The summed E-state index contributed by atoms with van der Waals surface area (Å²) in [6.07, 6.45) is 13.3. The number of nitrogens with one attached hydrogen (secondary N) is 1. The van der Waals surface area contributed by atoms with Crippen LogP contribution >= 0.6 is 0 Å². The fourth-order valence-electron chi connectivity index (χ4n) is 3.55. The van der Waals surface area contributed by atoms with Crippen molar-refractivity contribution in [2.75, 3.05) is 6.54 Å². The minimum Gasteiger partial charge on any atom is -0.356 e. The van der Waals surface area contributed by atoms with Gasteiger partial charge in [0.1, 0.15) is 0 Å². The SMILES string of the molecule is NC1CCC(CNC(=O)CC2CCCCCC2)CC1. The van der Waals surface area contributed by atoms with E-state index >= 15 is 0 Å². The molecular weight excluding hydrogens is 236 g/mol.